The summed E-state index contributed by atoms with van der Waals surface area (Å²) in [5.74, 6) is 0. The lowest BCUT2D eigenvalue weighted by atomic mass is 10.2. The van der Waals surface area contributed by atoms with Gasteiger partial charge in [-0.25, -0.2) is 0 Å². The van der Waals surface area contributed by atoms with E-state index in [1.807, 2.05) is 6.92 Å². The average molecular weight is 263 g/mol. The Morgan fingerprint density at radius 1 is 1.62 bits per heavy atom. The zero-order valence-electron chi connectivity index (χ0n) is 7.72. The van der Waals surface area contributed by atoms with Gasteiger partial charge >= 0.3 is 0 Å². The standard InChI is InChI=1S/C9H15BrN2S/c1-7(11)3-2-6-12-9-5-4-8(10)13-9/h4-5,7,12H,2-3,6,11H2,1H3. The topological polar surface area (TPSA) is 38.0 Å². The van der Waals surface area contributed by atoms with Gasteiger partial charge in [-0.3, -0.25) is 0 Å². The highest BCUT2D eigenvalue weighted by molar-refractivity contribution is 9.11. The number of hydrogen-bond donors (Lipinski definition) is 2. The summed E-state index contributed by atoms with van der Waals surface area (Å²) >= 11 is 5.14. The second-order valence-electron chi connectivity index (χ2n) is 3.15. The molecule has 0 aromatic carbocycles. The van der Waals surface area contributed by atoms with Crippen molar-refractivity contribution in [3.05, 3.63) is 15.9 Å². The Kier molecular flexibility index (Phi) is 4.77. The minimum absolute atomic E-state index is 0.317. The van der Waals surface area contributed by atoms with Gasteiger partial charge in [-0.2, -0.15) is 0 Å². The SMILES string of the molecule is CC(N)CCCNc1ccc(Br)s1. The van der Waals surface area contributed by atoms with Gasteiger partial charge in [-0.05, 0) is 47.8 Å². The minimum atomic E-state index is 0.317. The summed E-state index contributed by atoms with van der Waals surface area (Å²) in [7, 11) is 0. The van der Waals surface area contributed by atoms with Crippen molar-refractivity contribution in [2.45, 2.75) is 25.8 Å². The summed E-state index contributed by atoms with van der Waals surface area (Å²) in [4.78, 5) is 0. The van der Waals surface area contributed by atoms with Crippen molar-refractivity contribution in [1.29, 1.82) is 0 Å². The zero-order chi connectivity index (χ0) is 9.68. The van der Waals surface area contributed by atoms with E-state index in [-0.39, 0.29) is 0 Å². The molecule has 0 aliphatic heterocycles. The highest BCUT2D eigenvalue weighted by Crippen LogP contribution is 2.26. The third-order valence-corrected chi connectivity index (χ3v) is 3.29. The van der Waals surface area contributed by atoms with Crippen LogP contribution in [0.4, 0.5) is 5.00 Å². The number of halogens is 1. The predicted octanol–water partition coefficient (Wildman–Crippen LogP) is 3.05. The number of thiophene rings is 1. The largest absolute Gasteiger partial charge is 0.377 e. The molecule has 0 spiro atoms. The van der Waals surface area contributed by atoms with Crippen LogP contribution in [0.5, 0.6) is 0 Å². The maximum Gasteiger partial charge on any atom is 0.0894 e. The van der Waals surface area contributed by atoms with Crippen LogP contribution in [0.1, 0.15) is 19.8 Å². The Morgan fingerprint density at radius 2 is 2.38 bits per heavy atom. The van der Waals surface area contributed by atoms with Crippen LogP contribution in [-0.4, -0.2) is 12.6 Å². The van der Waals surface area contributed by atoms with Gasteiger partial charge in [0.2, 0.25) is 0 Å². The van der Waals surface area contributed by atoms with Gasteiger partial charge < -0.3 is 11.1 Å². The molecule has 1 heterocycles. The average Bonchev–Trinajstić information content (AvgIpc) is 2.45. The van der Waals surface area contributed by atoms with Crippen LogP contribution in [0.2, 0.25) is 0 Å². The van der Waals surface area contributed by atoms with E-state index < -0.39 is 0 Å². The molecule has 0 fully saturated rings. The Morgan fingerprint density at radius 3 is 2.92 bits per heavy atom. The molecule has 0 amide bonds. The molecule has 0 aliphatic rings. The Hall–Kier alpha value is -0.0600. The van der Waals surface area contributed by atoms with E-state index in [1.54, 1.807) is 11.3 Å². The van der Waals surface area contributed by atoms with Crippen LogP contribution in [0.25, 0.3) is 0 Å². The Labute approximate surface area is 91.7 Å². The van der Waals surface area contributed by atoms with Gasteiger partial charge in [-0.1, -0.05) is 0 Å². The van der Waals surface area contributed by atoms with Crippen LogP contribution < -0.4 is 11.1 Å². The number of rotatable bonds is 5. The Bertz CT molecular complexity index is 248. The van der Waals surface area contributed by atoms with Crippen molar-refractivity contribution in [3.63, 3.8) is 0 Å². The smallest absolute Gasteiger partial charge is 0.0894 e. The molecule has 0 saturated carbocycles. The molecule has 4 heteroatoms. The highest BCUT2D eigenvalue weighted by Gasteiger charge is 1.97. The molecule has 0 bridgehead atoms. The summed E-state index contributed by atoms with van der Waals surface area (Å²) in [5.41, 5.74) is 5.64. The highest BCUT2D eigenvalue weighted by atomic mass is 79.9. The first-order chi connectivity index (χ1) is 6.18. The molecule has 2 nitrogen and oxygen atoms in total. The monoisotopic (exact) mass is 262 g/mol. The van der Waals surface area contributed by atoms with Crippen LogP contribution in [0.3, 0.4) is 0 Å². The van der Waals surface area contributed by atoms with Crippen LogP contribution in [0, 0.1) is 0 Å². The van der Waals surface area contributed by atoms with E-state index in [4.69, 9.17) is 5.73 Å². The van der Waals surface area contributed by atoms with Gasteiger partial charge in [0.1, 0.15) is 0 Å². The number of hydrogen-bond acceptors (Lipinski definition) is 3. The quantitative estimate of drug-likeness (QED) is 0.801. The fraction of sp³-hybridized carbons (Fsp3) is 0.556. The van der Waals surface area contributed by atoms with Gasteiger partial charge in [0.25, 0.3) is 0 Å². The molecular weight excluding hydrogens is 248 g/mol. The summed E-state index contributed by atoms with van der Waals surface area (Å²) in [6.07, 6.45) is 2.22. The van der Waals surface area contributed by atoms with Crippen molar-refractivity contribution < 1.29 is 0 Å². The lowest BCUT2D eigenvalue weighted by Gasteiger charge is -2.05. The van der Waals surface area contributed by atoms with Crippen LogP contribution >= 0.6 is 27.3 Å². The molecule has 1 rings (SSSR count). The Balaban J connectivity index is 2.13. The molecule has 1 aromatic heterocycles. The van der Waals surface area contributed by atoms with Crippen molar-refractivity contribution in [2.24, 2.45) is 5.73 Å². The predicted molar refractivity (Wildman–Crippen MR) is 63.4 cm³/mol. The first kappa shape index (κ1) is 11.0. The van der Waals surface area contributed by atoms with Gasteiger partial charge in [0.05, 0.1) is 8.79 Å². The fourth-order valence-corrected chi connectivity index (χ4v) is 2.36. The zero-order valence-corrected chi connectivity index (χ0v) is 10.1. The van der Waals surface area contributed by atoms with Gasteiger partial charge in [0.15, 0.2) is 0 Å². The summed E-state index contributed by atoms with van der Waals surface area (Å²) in [5, 5.41) is 4.57. The molecule has 0 aliphatic carbocycles. The van der Waals surface area contributed by atoms with Crippen LogP contribution in [-0.2, 0) is 0 Å². The maximum atomic E-state index is 5.64. The van der Waals surface area contributed by atoms with E-state index in [2.05, 4.69) is 33.4 Å². The van der Waals surface area contributed by atoms with Crippen LogP contribution in [0.15, 0.2) is 15.9 Å². The number of nitrogens with one attached hydrogen (secondary N) is 1. The van der Waals surface area contributed by atoms with E-state index in [9.17, 15) is 0 Å². The van der Waals surface area contributed by atoms with Gasteiger partial charge in [-0.15, -0.1) is 11.3 Å². The first-order valence-electron chi connectivity index (χ1n) is 4.43. The summed E-state index contributed by atoms with van der Waals surface area (Å²) < 4.78 is 1.17. The normalized spacial score (nSPS) is 12.8. The van der Waals surface area contributed by atoms with Gasteiger partial charge in [0, 0.05) is 12.6 Å². The molecule has 74 valence electrons. The molecule has 3 N–H and O–H groups in total. The molecular formula is C9H15BrN2S. The number of anilines is 1. The van der Waals surface area contributed by atoms with E-state index in [1.165, 1.54) is 8.79 Å². The van der Waals surface area contributed by atoms with Crippen molar-refractivity contribution >= 4 is 32.3 Å². The third-order valence-electron chi connectivity index (χ3n) is 1.71. The first-order valence-corrected chi connectivity index (χ1v) is 6.04. The molecule has 0 saturated heterocycles. The second-order valence-corrected chi connectivity index (χ2v) is 5.61. The third kappa shape index (κ3) is 4.64. The van der Waals surface area contributed by atoms with E-state index >= 15 is 0 Å². The molecule has 1 aromatic rings. The molecule has 13 heavy (non-hydrogen) atoms. The van der Waals surface area contributed by atoms with E-state index in [0.717, 1.165) is 19.4 Å². The lowest BCUT2D eigenvalue weighted by Crippen LogP contribution is -2.15. The summed E-state index contributed by atoms with van der Waals surface area (Å²) in [6.45, 7) is 3.05. The summed E-state index contributed by atoms with van der Waals surface area (Å²) in [6, 6.07) is 4.45. The molecule has 1 unspecified atom stereocenters. The van der Waals surface area contributed by atoms with Crippen molar-refractivity contribution in [1.82, 2.24) is 0 Å². The lowest BCUT2D eigenvalue weighted by molar-refractivity contribution is 0.639. The number of nitrogens with two attached hydrogens (primary N) is 1. The second kappa shape index (κ2) is 5.62. The molecule has 1 atom stereocenters. The van der Waals surface area contributed by atoms with Crippen molar-refractivity contribution in [2.75, 3.05) is 11.9 Å². The van der Waals surface area contributed by atoms with E-state index in [0.29, 0.717) is 6.04 Å². The fourth-order valence-electron chi connectivity index (χ4n) is 1.04. The maximum absolute atomic E-state index is 5.64. The minimum Gasteiger partial charge on any atom is -0.377 e. The van der Waals surface area contributed by atoms with Crippen molar-refractivity contribution in [3.8, 4) is 0 Å². The molecule has 0 radical (unpaired) electrons.